The van der Waals surface area contributed by atoms with Crippen LogP contribution in [0.5, 0.6) is 0 Å². The third-order valence-electron chi connectivity index (χ3n) is 3.93. The molecule has 1 aliphatic carbocycles. The number of hydrogen-bond acceptors (Lipinski definition) is 5. The summed E-state index contributed by atoms with van der Waals surface area (Å²) >= 11 is 1.61. The Morgan fingerprint density at radius 3 is 2.71 bits per heavy atom. The van der Waals surface area contributed by atoms with E-state index in [1.165, 1.54) is 16.7 Å². The molecule has 128 valence electrons. The zero-order chi connectivity index (χ0) is 17.1. The van der Waals surface area contributed by atoms with Crippen LogP contribution in [-0.4, -0.2) is 21.8 Å². The van der Waals surface area contributed by atoms with Gasteiger partial charge >= 0.3 is 0 Å². The summed E-state index contributed by atoms with van der Waals surface area (Å²) in [5.41, 5.74) is 3.77. The van der Waals surface area contributed by atoms with Gasteiger partial charge in [-0.05, 0) is 39.2 Å². The lowest BCUT2D eigenvalue weighted by molar-refractivity contribution is -0.119. The van der Waals surface area contributed by atoms with Gasteiger partial charge in [0.05, 0.1) is 5.75 Å². The SMILES string of the molecule is Cc1cc(C)cc(CSCC(=O)NC(C)c2nc(C3CC3)no2)c1. The molecule has 6 heteroatoms. The number of aromatic nitrogens is 2. The van der Waals surface area contributed by atoms with E-state index in [0.29, 0.717) is 17.6 Å². The number of benzene rings is 1. The highest BCUT2D eigenvalue weighted by molar-refractivity contribution is 7.99. The maximum absolute atomic E-state index is 12.1. The van der Waals surface area contributed by atoms with Crippen LogP contribution in [0.25, 0.3) is 0 Å². The largest absolute Gasteiger partial charge is 0.344 e. The minimum atomic E-state index is -0.251. The Balaban J connectivity index is 1.44. The van der Waals surface area contributed by atoms with Crippen LogP contribution in [0.3, 0.4) is 0 Å². The van der Waals surface area contributed by atoms with Crippen molar-refractivity contribution in [3.63, 3.8) is 0 Å². The Hall–Kier alpha value is -1.82. The summed E-state index contributed by atoms with van der Waals surface area (Å²) in [6, 6.07) is 6.24. The zero-order valence-electron chi connectivity index (χ0n) is 14.3. The van der Waals surface area contributed by atoms with Gasteiger partial charge in [-0.2, -0.15) is 4.98 Å². The minimum absolute atomic E-state index is 0.0111. The maximum Gasteiger partial charge on any atom is 0.248 e. The average Bonchev–Trinajstić information content (AvgIpc) is 3.23. The molecule has 1 aromatic heterocycles. The van der Waals surface area contributed by atoms with Crippen LogP contribution in [0.2, 0.25) is 0 Å². The number of aryl methyl sites for hydroxylation is 2. The first-order chi connectivity index (χ1) is 11.5. The molecule has 0 saturated heterocycles. The van der Waals surface area contributed by atoms with Crippen molar-refractivity contribution in [3.05, 3.63) is 46.6 Å². The third-order valence-corrected chi connectivity index (χ3v) is 4.93. The summed E-state index contributed by atoms with van der Waals surface area (Å²) in [6.07, 6.45) is 2.27. The van der Waals surface area contributed by atoms with E-state index in [1.807, 2.05) is 6.92 Å². The maximum atomic E-state index is 12.1. The fraction of sp³-hybridized carbons (Fsp3) is 0.500. The normalized spacial score (nSPS) is 15.3. The Labute approximate surface area is 146 Å². The molecule has 2 aromatic rings. The van der Waals surface area contributed by atoms with E-state index >= 15 is 0 Å². The molecule has 1 unspecified atom stereocenters. The topological polar surface area (TPSA) is 68.0 Å². The van der Waals surface area contributed by atoms with Gasteiger partial charge in [0.25, 0.3) is 0 Å². The van der Waals surface area contributed by atoms with Crippen LogP contribution in [0, 0.1) is 13.8 Å². The van der Waals surface area contributed by atoms with Gasteiger partial charge in [-0.3, -0.25) is 4.79 Å². The Kier molecular flexibility index (Phi) is 5.23. The first kappa shape index (κ1) is 17.0. The van der Waals surface area contributed by atoms with Gasteiger partial charge < -0.3 is 9.84 Å². The quantitative estimate of drug-likeness (QED) is 0.829. The molecule has 0 bridgehead atoms. The van der Waals surface area contributed by atoms with Crippen LogP contribution in [0.15, 0.2) is 22.7 Å². The van der Waals surface area contributed by atoms with Gasteiger partial charge in [0.15, 0.2) is 5.82 Å². The van der Waals surface area contributed by atoms with Crippen molar-refractivity contribution in [2.24, 2.45) is 0 Å². The Bertz CT molecular complexity index is 705. The molecule has 24 heavy (non-hydrogen) atoms. The number of nitrogens with zero attached hydrogens (tertiary/aromatic N) is 2. The first-order valence-electron chi connectivity index (χ1n) is 8.29. The van der Waals surface area contributed by atoms with Crippen molar-refractivity contribution in [1.82, 2.24) is 15.5 Å². The van der Waals surface area contributed by atoms with Crippen LogP contribution >= 0.6 is 11.8 Å². The van der Waals surface area contributed by atoms with E-state index in [9.17, 15) is 4.79 Å². The van der Waals surface area contributed by atoms with E-state index in [4.69, 9.17) is 4.52 Å². The smallest absolute Gasteiger partial charge is 0.248 e. The summed E-state index contributed by atoms with van der Waals surface area (Å²) in [6.45, 7) is 6.06. The van der Waals surface area contributed by atoms with E-state index in [0.717, 1.165) is 24.4 Å². The van der Waals surface area contributed by atoms with Gasteiger partial charge in [-0.25, -0.2) is 0 Å². The van der Waals surface area contributed by atoms with Crippen molar-refractivity contribution < 1.29 is 9.32 Å². The lowest BCUT2D eigenvalue weighted by Crippen LogP contribution is -2.28. The highest BCUT2D eigenvalue weighted by Gasteiger charge is 2.29. The Morgan fingerprint density at radius 1 is 1.33 bits per heavy atom. The molecule has 1 saturated carbocycles. The van der Waals surface area contributed by atoms with E-state index < -0.39 is 0 Å². The predicted octanol–water partition coefficient (Wildman–Crippen LogP) is 3.67. The molecule has 0 spiro atoms. The molecule has 1 amide bonds. The molecule has 1 aliphatic rings. The van der Waals surface area contributed by atoms with E-state index in [-0.39, 0.29) is 11.9 Å². The third kappa shape index (κ3) is 4.60. The molecule has 3 rings (SSSR count). The number of rotatable bonds is 7. The molecule has 1 fully saturated rings. The van der Waals surface area contributed by atoms with Gasteiger partial charge in [-0.1, -0.05) is 34.5 Å². The first-order valence-corrected chi connectivity index (χ1v) is 9.44. The molecule has 0 radical (unpaired) electrons. The number of carbonyl (C=O) groups is 1. The molecule has 1 heterocycles. The summed E-state index contributed by atoms with van der Waals surface area (Å²) in [5.74, 6) is 2.96. The van der Waals surface area contributed by atoms with Gasteiger partial charge in [-0.15, -0.1) is 11.8 Å². The average molecular weight is 345 g/mol. The lowest BCUT2D eigenvalue weighted by atomic mass is 10.1. The second kappa shape index (κ2) is 7.38. The van der Waals surface area contributed by atoms with Crippen LogP contribution in [0.4, 0.5) is 0 Å². The predicted molar refractivity (Wildman–Crippen MR) is 94.9 cm³/mol. The second-order valence-electron chi connectivity index (χ2n) is 6.54. The molecule has 1 aromatic carbocycles. The van der Waals surface area contributed by atoms with Crippen LogP contribution in [-0.2, 0) is 10.5 Å². The number of nitrogens with one attached hydrogen (secondary N) is 1. The fourth-order valence-corrected chi connectivity index (χ4v) is 3.46. The van der Waals surface area contributed by atoms with Crippen molar-refractivity contribution in [2.45, 2.75) is 51.3 Å². The molecular formula is C18H23N3O2S. The van der Waals surface area contributed by atoms with E-state index in [1.54, 1.807) is 11.8 Å². The van der Waals surface area contributed by atoms with Crippen molar-refractivity contribution >= 4 is 17.7 Å². The molecule has 1 N–H and O–H groups in total. The van der Waals surface area contributed by atoms with Crippen molar-refractivity contribution in [3.8, 4) is 0 Å². The van der Waals surface area contributed by atoms with Crippen molar-refractivity contribution in [2.75, 3.05) is 5.75 Å². The molecule has 5 nitrogen and oxygen atoms in total. The summed E-state index contributed by atoms with van der Waals surface area (Å²) in [7, 11) is 0. The van der Waals surface area contributed by atoms with Gasteiger partial charge in [0.1, 0.15) is 6.04 Å². The van der Waals surface area contributed by atoms with Crippen LogP contribution in [0.1, 0.15) is 60.1 Å². The lowest BCUT2D eigenvalue weighted by Gasteiger charge is -2.10. The van der Waals surface area contributed by atoms with Gasteiger partial charge in [0.2, 0.25) is 11.8 Å². The summed E-state index contributed by atoms with van der Waals surface area (Å²) < 4.78 is 5.25. The molecule has 0 aliphatic heterocycles. The number of carbonyl (C=O) groups excluding carboxylic acids is 1. The number of hydrogen-bond donors (Lipinski definition) is 1. The number of amides is 1. The van der Waals surface area contributed by atoms with E-state index in [2.05, 4.69) is 47.5 Å². The zero-order valence-corrected chi connectivity index (χ0v) is 15.2. The minimum Gasteiger partial charge on any atom is -0.344 e. The second-order valence-corrected chi connectivity index (χ2v) is 7.53. The summed E-state index contributed by atoms with van der Waals surface area (Å²) in [4.78, 5) is 16.5. The standard InChI is InChI=1S/C18H23N3O2S/c1-11-6-12(2)8-14(7-11)9-24-10-16(22)19-13(3)18-20-17(21-23-18)15-4-5-15/h6-8,13,15H,4-5,9-10H2,1-3H3,(H,19,22). The van der Waals surface area contributed by atoms with Crippen molar-refractivity contribution in [1.29, 1.82) is 0 Å². The molecule has 1 atom stereocenters. The number of thioether (sulfide) groups is 1. The summed E-state index contributed by atoms with van der Waals surface area (Å²) in [5, 5.41) is 6.90. The fourth-order valence-electron chi connectivity index (χ4n) is 2.69. The van der Waals surface area contributed by atoms with Gasteiger partial charge in [0, 0.05) is 11.7 Å². The Morgan fingerprint density at radius 2 is 2.04 bits per heavy atom. The molecular weight excluding hydrogens is 322 g/mol. The highest BCUT2D eigenvalue weighted by atomic mass is 32.2. The van der Waals surface area contributed by atoms with Crippen LogP contribution < -0.4 is 5.32 Å². The highest BCUT2D eigenvalue weighted by Crippen LogP contribution is 2.38. The monoisotopic (exact) mass is 345 g/mol.